The zero-order valence-corrected chi connectivity index (χ0v) is 8.99. The number of carboxylic acid groups (broad SMARTS) is 1. The molecule has 0 aliphatic heterocycles. The van der Waals surface area contributed by atoms with Gasteiger partial charge in [-0.25, -0.2) is 4.79 Å². The molecule has 0 aromatic carbocycles. The number of hydrogen-bond acceptors (Lipinski definition) is 4. The van der Waals surface area contributed by atoms with Gasteiger partial charge in [0.15, 0.2) is 0 Å². The predicted molar refractivity (Wildman–Crippen MR) is 55.6 cm³/mol. The van der Waals surface area contributed by atoms with Crippen LogP contribution in [-0.2, 0) is 4.79 Å². The number of carbonyl (C=O) groups is 2. The Balaban J connectivity index is 3.53. The smallest absolute Gasteiger partial charge is 0.322 e. The molecule has 0 bridgehead atoms. The number of nitrogens with two attached hydrogens (primary N) is 1. The Hall–Kier alpha value is -1.34. The summed E-state index contributed by atoms with van der Waals surface area (Å²) in [4.78, 5) is 23.3. The van der Waals surface area contributed by atoms with Crippen LogP contribution in [-0.4, -0.2) is 61.8 Å². The number of amides is 2. The van der Waals surface area contributed by atoms with Gasteiger partial charge in [0.05, 0.1) is 0 Å². The maximum atomic E-state index is 11.1. The number of carboxylic acids is 1. The van der Waals surface area contributed by atoms with E-state index in [0.29, 0.717) is 6.54 Å². The first-order valence-corrected chi connectivity index (χ1v) is 4.58. The van der Waals surface area contributed by atoms with Crippen molar-refractivity contribution < 1.29 is 14.7 Å². The van der Waals surface area contributed by atoms with E-state index in [0.717, 1.165) is 6.54 Å². The van der Waals surface area contributed by atoms with Crippen molar-refractivity contribution >= 4 is 12.0 Å². The second kappa shape index (κ2) is 7.02. The summed E-state index contributed by atoms with van der Waals surface area (Å²) in [6.07, 6.45) is 0. The van der Waals surface area contributed by atoms with E-state index < -0.39 is 18.0 Å². The molecule has 1 unspecified atom stereocenters. The number of urea groups is 1. The van der Waals surface area contributed by atoms with Gasteiger partial charge in [0.2, 0.25) is 0 Å². The summed E-state index contributed by atoms with van der Waals surface area (Å²) in [5.41, 5.74) is 5.19. The molecule has 0 fully saturated rings. The highest BCUT2D eigenvalue weighted by atomic mass is 16.4. The van der Waals surface area contributed by atoms with Crippen LogP contribution in [0, 0.1) is 0 Å². The number of carbonyl (C=O) groups excluding carboxylic acids is 1. The third-order valence-electron chi connectivity index (χ3n) is 1.64. The van der Waals surface area contributed by atoms with E-state index >= 15 is 0 Å². The lowest BCUT2D eigenvalue weighted by Crippen LogP contribution is -2.46. The van der Waals surface area contributed by atoms with Gasteiger partial charge in [-0.1, -0.05) is 0 Å². The van der Waals surface area contributed by atoms with Crippen LogP contribution in [0.25, 0.3) is 0 Å². The Morgan fingerprint density at radius 3 is 2.47 bits per heavy atom. The molecule has 0 spiro atoms. The fraction of sp³-hybridized carbons (Fsp3) is 0.750. The van der Waals surface area contributed by atoms with Crippen LogP contribution >= 0.6 is 0 Å². The van der Waals surface area contributed by atoms with E-state index in [-0.39, 0.29) is 6.54 Å². The number of nitrogens with zero attached hydrogens (tertiary/aromatic N) is 1. The molecular formula is C8H18N4O3. The summed E-state index contributed by atoms with van der Waals surface area (Å²) >= 11 is 0. The van der Waals surface area contributed by atoms with Gasteiger partial charge in [-0.15, -0.1) is 0 Å². The second-order valence-electron chi connectivity index (χ2n) is 3.38. The van der Waals surface area contributed by atoms with Crippen LogP contribution in [0.4, 0.5) is 4.79 Å². The van der Waals surface area contributed by atoms with E-state index in [4.69, 9.17) is 10.8 Å². The Kier molecular flexibility index (Phi) is 6.39. The van der Waals surface area contributed by atoms with E-state index in [1.807, 2.05) is 19.0 Å². The van der Waals surface area contributed by atoms with Gasteiger partial charge < -0.3 is 26.4 Å². The average Bonchev–Trinajstić information content (AvgIpc) is 2.13. The normalized spacial score (nSPS) is 12.3. The van der Waals surface area contributed by atoms with Crippen LogP contribution in [0.5, 0.6) is 0 Å². The number of aliphatic carboxylic acids is 1. The number of rotatable bonds is 6. The van der Waals surface area contributed by atoms with Crippen molar-refractivity contribution in [3.05, 3.63) is 0 Å². The molecule has 5 N–H and O–H groups in total. The minimum Gasteiger partial charge on any atom is -0.480 e. The lowest BCUT2D eigenvalue weighted by atomic mass is 10.3. The van der Waals surface area contributed by atoms with Crippen molar-refractivity contribution in [2.24, 2.45) is 5.73 Å². The third kappa shape index (κ3) is 7.71. The molecule has 0 aliphatic carbocycles. The summed E-state index contributed by atoms with van der Waals surface area (Å²) in [5, 5.41) is 13.4. The van der Waals surface area contributed by atoms with Gasteiger partial charge in [0, 0.05) is 19.6 Å². The van der Waals surface area contributed by atoms with Crippen LogP contribution in [0.3, 0.4) is 0 Å². The van der Waals surface area contributed by atoms with Gasteiger partial charge in [-0.05, 0) is 14.1 Å². The zero-order valence-electron chi connectivity index (χ0n) is 8.99. The predicted octanol–water partition coefficient (Wildman–Crippen LogP) is -1.74. The van der Waals surface area contributed by atoms with Gasteiger partial charge in [0.1, 0.15) is 6.04 Å². The minimum absolute atomic E-state index is 0.0802. The van der Waals surface area contributed by atoms with Crippen LogP contribution in [0.15, 0.2) is 0 Å². The maximum Gasteiger partial charge on any atom is 0.322 e. The summed E-state index contributed by atoms with van der Waals surface area (Å²) < 4.78 is 0. The van der Waals surface area contributed by atoms with Gasteiger partial charge in [0.25, 0.3) is 0 Å². The second-order valence-corrected chi connectivity index (χ2v) is 3.38. The molecule has 7 nitrogen and oxygen atoms in total. The Bertz CT molecular complexity index is 220. The molecule has 0 rings (SSSR count). The van der Waals surface area contributed by atoms with Crippen LogP contribution in [0.1, 0.15) is 0 Å². The molecule has 2 amide bonds. The first kappa shape index (κ1) is 13.7. The molecule has 0 aromatic heterocycles. The quantitative estimate of drug-likeness (QED) is 0.423. The largest absolute Gasteiger partial charge is 0.480 e. The minimum atomic E-state index is -1.14. The van der Waals surface area contributed by atoms with Gasteiger partial charge in [-0.2, -0.15) is 0 Å². The molecule has 7 heteroatoms. The topological polar surface area (TPSA) is 108 Å². The van der Waals surface area contributed by atoms with Crippen molar-refractivity contribution in [2.45, 2.75) is 6.04 Å². The summed E-state index contributed by atoms with van der Waals surface area (Å²) in [6.45, 7) is 1.14. The first-order valence-electron chi connectivity index (χ1n) is 4.58. The van der Waals surface area contributed by atoms with Crippen molar-refractivity contribution in [1.82, 2.24) is 15.5 Å². The molecule has 1 atom stereocenters. The van der Waals surface area contributed by atoms with Crippen LogP contribution < -0.4 is 16.4 Å². The molecule has 0 aliphatic rings. The van der Waals surface area contributed by atoms with Crippen LogP contribution in [0.2, 0.25) is 0 Å². The van der Waals surface area contributed by atoms with E-state index in [9.17, 15) is 9.59 Å². The maximum absolute atomic E-state index is 11.1. The molecule has 0 radical (unpaired) electrons. The lowest BCUT2D eigenvalue weighted by molar-refractivity contribution is -0.138. The first-order chi connectivity index (χ1) is 6.93. The third-order valence-corrected chi connectivity index (χ3v) is 1.64. The number of hydrogen-bond donors (Lipinski definition) is 4. The van der Waals surface area contributed by atoms with Crippen molar-refractivity contribution in [3.8, 4) is 0 Å². The summed E-state index contributed by atoms with van der Waals surface area (Å²) in [7, 11) is 3.78. The van der Waals surface area contributed by atoms with E-state index in [1.165, 1.54) is 0 Å². The monoisotopic (exact) mass is 218 g/mol. The Labute approximate surface area is 88.6 Å². The number of likely N-dealkylation sites (N-methyl/N-ethyl adjacent to an activating group) is 1. The van der Waals surface area contributed by atoms with Crippen molar-refractivity contribution in [3.63, 3.8) is 0 Å². The number of nitrogens with one attached hydrogen (secondary N) is 2. The molecule has 88 valence electrons. The SMILES string of the molecule is CN(C)CCNC(=O)NCC(N)C(=O)O. The Morgan fingerprint density at radius 2 is 2.00 bits per heavy atom. The highest BCUT2D eigenvalue weighted by molar-refractivity contribution is 5.77. The molecule has 0 aromatic rings. The van der Waals surface area contributed by atoms with Gasteiger partial charge in [-0.3, -0.25) is 4.79 Å². The van der Waals surface area contributed by atoms with E-state index in [1.54, 1.807) is 0 Å². The lowest BCUT2D eigenvalue weighted by Gasteiger charge is -2.12. The molecule has 15 heavy (non-hydrogen) atoms. The van der Waals surface area contributed by atoms with E-state index in [2.05, 4.69) is 10.6 Å². The molecular weight excluding hydrogens is 200 g/mol. The van der Waals surface area contributed by atoms with Crippen molar-refractivity contribution in [1.29, 1.82) is 0 Å². The van der Waals surface area contributed by atoms with Crippen molar-refractivity contribution in [2.75, 3.05) is 33.7 Å². The molecule has 0 saturated heterocycles. The molecule has 0 saturated carbocycles. The highest BCUT2D eigenvalue weighted by Crippen LogP contribution is 1.76. The standard InChI is InChI=1S/C8H18N4O3/c1-12(2)4-3-10-8(15)11-5-6(9)7(13)14/h6H,3-5,9H2,1-2H3,(H,13,14)(H2,10,11,15). The summed E-state index contributed by atoms with van der Waals surface area (Å²) in [5.74, 6) is -1.14. The van der Waals surface area contributed by atoms with Gasteiger partial charge >= 0.3 is 12.0 Å². The molecule has 0 heterocycles. The highest BCUT2D eigenvalue weighted by Gasteiger charge is 2.11. The fourth-order valence-corrected chi connectivity index (χ4v) is 0.746. The fourth-order valence-electron chi connectivity index (χ4n) is 0.746. The average molecular weight is 218 g/mol. The zero-order chi connectivity index (χ0) is 11.8. The Morgan fingerprint density at radius 1 is 1.40 bits per heavy atom. The summed E-state index contributed by atoms with van der Waals surface area (Å²) in [6, 6.07) is -1.47.